The molecular weight excluding hydrogens is 220 g/mol. The number of hydrogen-bond donors (Lipinski definition) is 1. The van der Waals surface area contributed by atoms with Crippen LogP contribution in [0.5, 0.6) is 0 Å². The van der Waals surface area contributed by atoms with E-state index in [4.69, 9.17) is 16.3 Å². The molecule has 14 heavy (non-hydrogen) atoms. The van der Waals surface area contributed by atoms with E-state index in [2.05, 4.69) is 0 Å². The fraction of sp³-hybridized carbons (Fsp3) is 0.600. The van der Waals surface area contributed by atoms with Gasteiger partial charge in [0.1, 0.15) is 0 Å². The molecule has 0 atom stereocenters. The van der Waals surface area contributed by atoms with Crippen LogP contribution < -0.4 is 0 Å². The lowest BCUT2D eigenvalue weighted by Crippen LogP contribution is -2.37. The van der Waals surface area contributed by atoms with Gasteiger partial charge in [-0.25, -0.2) is 0 Å². The number of halogens is 1. The maximum Gasteiger partial charge on any atom is 0.0740 e. The zero-order valence-corrected chi connectivity index (χ0v) is 9.40. The van der Waals surface area contributed by atoms with Crippen molar-refractivity contribution < 1.29 is 9.84 Å². The van der Waals surface area contributed by atoms with Crippen molar-refractivity contribution in [3.05, 3.63) is 21.3 Å². The normalized spacial score (nSPS) is 21.0. The van der Waals surface area contributed by atoms with Crippen molar-refractivity contribution in [2.24, 2.45) is 0 Å². The van der Waals surface area contributed by atoms with Gasteiger partial charge >= 0.3 is 0 Å². The average molecular weight is 233 g/mol. The third-order valence-corrected chi connectivity index (χ3v) is 3.99. The Kier molecular flexibility index (Phi) is 3.12. The van der Waals surface area contributed by atoms with Crippen molar-refractivity contribution >= 4 is 22.9 Å². The van der Waals surface area contributed by atoms with Crippen LogP contribution >= 0.6 is 22.9 Å². The first-order valence-corrected chi connectivity index (χ1v) is 5.97. The summed E-state index contributed by atoms with van der Waals surface area (Å²) in [7, 11) is 0. The second-order valence-electron chi connectivity index (χ2n) is 3.71. The molecule has 0 radical (unpaired) electrons. The van der Waals surface area contributed by atoms with Gasteiger partial charge < -0.3 is 9.84 Å². The summed E-state index contributed by atoms with van der Waals surface area (Å²) >= 11 is 7.60. The molecule has 0 saturated carbocycles. The van der Waals surface area contributed by atoms with Crippen LogP contribution in [0.4, 0.5) is 0 Å². The Labute approximate surface area is 92.5 Å². The fourth-order valence-electron chi connectivity index (χ4n) is 1.68. The second-order valence-corrected chi connectivity index (χ2v) is 5.11. The molecule has 1 N–H and O–H groups in total. The van der Waals surface area contributed by atoms with E-state index in [1.807, 2.05) is 11.4 Å². The molecule has 2 rings (SSSR count). The largest absolute Gasteiger partial charge is 0.389 e. The van der Waals surface area contributed by atoms with Gasteiger partial charge in [-0.05, 0) is 24.3 Å². The molecule has 1 aliphatic rings. The van der Waals surface area contributed by atoms with Crippen molar-refractivity contribution in [3.63, 3.8) is 0 Å². The Morgan fingerprint density at radius 3 is 2.79 bits per heavy atom. The Balaban J connectivity index is 2.05. The number of rotatable bonds is 2. The number of aliphatic hydroxyl groups is 1. The zero-order valence-electron chi connectivity index (χ0n) is 7.83. The Hall–Kier alpha value is -0.0900. The SMILES string of the molecule is OC1(Cc2sccc2Cl)CCOCC1. The van der Waals surface area contributed by atoms with E-state index in [0.717, 1.165) is 9.90 Å². The molecule has 0 aliphatic carbocycles. The van der Waals surface area contributed by atoms with E-state index in [0.29, 0.717) is 32.5 Å². The molecule has 2 heterocycles. The van der Waals surface area contributed by atoms with E-state index >= 15 is 0 Å². The van der Waals surface area contributed by atoms with Gasteiger partial charge in [0.25, 0.3) is 0 Å². The molecule has 2 nitrogen and oxygen atoms in total. The summed E-state index contributed by atoms with van der Waals surface area (Å²) in [5, 5.41) is 13.0. The molecule has 0 bridgehead atoms. The van der Waals surface area contributed by atoms with Crippen molar-refractivity contribution in [2.45, 2.75) is 24.9 Å². The van der Waals surface area contributed by atoms with Crippen LogP contribution in [0.1, 0.15) is 17.7 Å². The Morgan fingerprint density at radius 2 is 2.21 bits per heavy atom. The van der Waals surface area contributed by atoms with Gasteiger partial charge in [-0.15, -0.1) is 11.3 Å². The van der Waals surface area contributed by atoms with Gasteiger partial charge in [-0.2, -0.15) is 0 Å². The van der Waals surface area contributed by atoms with E-state index in [-0.39, 0.29) is 0 Å². The quantitative estimate of drug-likeness (QED) is 0.849. The maximum atomic E-state index is 10.2. The maximum absolute atomic E-state index is 10.2. The first kappa shape index (κ1) is 10.4. The second kappa shape index (κ2) is 4.19. The smallest absolute Gasteiger partial charge is 0.0740 e. The average Bonchev–Trinajstić information content (AvgIpc) is 2.52. The number of hydrogen-bond acceptors (Lipinski definition) is 3. The van der Waals surface area contributed by atoms with Gasteiger partial charge in [0, 0.05) is 24.5 Å². The molecule has 1 aromatic rings. The third-order valence-electron chi connectivity index (χ3n) is 2.60. The monoisotopic (exact) mass is 232 g/mol. The highest BCUT2D eigenvalue weighted by Gasteiger charge is 2.30. The molecule has 4 heteroatoms. The van der Waals surface area contributed by atoms with E-state index < -0.39 is 5.60 Å². The zero-order chi connectivity index (χ0) is 10.0. The van der Waals surface area contributed by atoms with Crippen LogP contribution in [-0.2, 0) is 11.2 Å². The molecule has 1 aromatic heterocycles. The fourth-order valence-corrected chi connectivity index (χ4v) is 2.92. The molecule has 78 valence electrons. The number of ether oxygens (including phenoxy) is 1. The standard InChI is InChI=1S/C10H13ClO2S/c11-8-1-6-14-9(8)7-10(12)2-4-13-5-3-10/h1,6,12H,2-5,7H2. The summed E-state index contributed by atoms with van der Waals surface area (Å²) in [5.74, 6) is 0. The van der Waals surface area contributed by atoms with E-state index in [1.165, 1.54) is 0 Å². The molecule has 0 unspecified atom stereocenters. The Bertz CT molecular complexity index is 305. The van der Waals surface area contributed by atoms with Crippen molar-refractivity contribution in [3.8, 4) is 0 Å². The minimum Gasteiger partial charge on any atom is -0.389 e. The van der Waals surface area contributed by atoms with Crippen molar-refractivity contribution in [1.29, 1.82) is 0 Å². The van der Waals surface area contributed by atoms with Crippen molar-refractivity contribution in [2.75, 3.05) is 13.2 Å². The number of thiophene rings is 1. The molecule has 1 saturated heterocycles. The molecule has 0 aromatic carbocycles. The summed E-state index contributed by atoms with van der Waals surface area (Å²) in [6.07, 6.45) is 2.08. The third kappa shape index (κ3) is 2.28. The molecule has 1 aliphatic heterocycles. The van der Waals surface area contributed by atoms with Crippen LogP contribution in [-0.4, -0.2) is 23.9 Å². The highest BCUT2D eigenvalue weighted by Crippen LogP contribution is 2.31. The minimum atomic E-state index is -0.604. The minimum absolute atomic E-state index is 0.604. The first-order valence-electron chi connectivity index (χ1n) is 4.72. The highest BCUT2D eigenvalue weighted by atomic mass is 35.5. The van der Waals surface area contributed by atoms with Crippen LogP contribution in [0.25, 0.3) is 0 Å². The van der Waals surface area contributed by atoms with Gasteiger partial charge in [0.2, 0.25) is 0 Å². The first-order chi connectivity index (χ1) is 6.70. The molecule has 0 amide bonds. The highest BCUT2D eigenvalue weighted by molar-refractivity contribution is 7.10. The molecule has 1 fully saturated rings. The van der Waals surface area contributed by atoms with Gasteiger partial charge in [-0.3, -0.25) is 0 Å². The summed E-state index contributed by atoms with van der Waals surface area (Å²) in [4.78, 5) is 1.08. The van der Waals surface area contributed by atoms with Crippen LogP contribution in [0.15, 0.2) is 11.4 Å². The summed E-state index contributed by atoms with van der Waals surface area (Å²) in [6, 6.07) is 1.88. The topological polar surface area (TPSA) is 29.5 Å². The van der Waals surface area contributed by atoms with Gasteiger partial charge in [0.15, 0.2) is 0 Å². The Morgan fingerprint density at radius 1 is 1.50 bits per heavy atom. The summed E-state index contributed by atoms with van der Waals surface area (Å²) < 4.78 is 5.22. The predicted octanol–water partition coefficient (Wildman–Crippen LogP) is 2.49. The van der Waals surface area contributed by atoms with Crippen molar-refractivity contribution in [1.82, 2.24) is 0 Å². The summed E-state index contributed by atoms with van der Waals surface area (Å²) in [6.45, 7) is 1.30. The lowest BCUT2D eigenvalue weighted by atomic mass is 9.90. The summed E-state index contributed by atoms with van der Waals surface area (Å²) in [5.41, 5.74) is -0.604. The molecular formula is C10H13ClO2S. The van der Waals surface area contributed by atoms with Crippen LogP contribution in [0.3, 0.4) is 0 Å². The molecule has 0 spiro atoms. The predicted molar refractivity (Wildman–Crippen MR) is 58.0 cm³/mol. The van der Waals surface area contributed by atoms with E-state index in [1.54, 1.807) is 11.3 Å². The lowest BCUT2D eigenvalue weighted by molar-refractivity contribution is -0.0621. The lowest BCUT2D eigenvalue weighted by Gasteiger charge is -2.31. The van der Waals surface area contributed by atoms with Gasteiger partial charge in [0.05, 0.1) is 10.6 Å². The van der Waals surface area contributed by atoms with E-state index in [9.17, 15) is 5.11 Å². The van der Waals surface area contributed by atoms with Crippen LogP contribution in [0.2, 0.25) is 5.02 Å². The van der Waals surface area contributed by atoms with Gasteiger partial charge in [-0.1, -0.05) is 11.6 Å². The van der Waals surface area contributed by atoms with Crippen LogP contribution in [0, 0.1) is 0 Å².